The molecule has 6 nitrogen and oxygen atoms in total. The molecule has 0 N–H and O–H groups in total. The summed E-state index contributed by atoms with van der Waals surface area (Å²) in [6, 6.07) is 6.23. The van der Waals surface area contributed by atoms with Crippen LogP contribution in [0.4, 0.5) is 13.2 Å². The van der Waals surface area contributed by atoms with E-state index in [0.717, 1.165) is 0 Å². The van der Waals surface area contributed by atoms with Crippen LogP contribution in [0.1, 0.15) is 0 Å². The molecule has 0 fully saturated rings. The maximum absolute atomic E-state index is 12.1. The van der Waals surface area contributed by atoms with Gasteiger partial charge in [-0.05, 0) is 18.2 Å². The second-order valence-corrected chi connectivity index (χ2v) is 4.45. The van der Waals surface area contributed by atoms with Crippen molar-refractivity contribution in [2.75, 3.05) is 6.61 Å². The number of alkyl halides is 3. The fourth-order valence-corrected chi connectivity index (χ4v) is 1.71. The Bertz CT molecular complexity index is 773. The lowest BCUT2D eigenvalue weighted by Gasteiger charge is -2.07. The zero-order chi connectivity index (χ0) is 16.3. The summed E-state index contributed by atoms with van der Waals surface area (Å²) in [7, 11) is 0. The van der Waals surface area contributed by atoms with E-state index in [4.69, 9.17) is 4.52 Å². The van der Waals surface area contributed by atoms with Gasteiger partial charge in [-0.2, -0.15) is 18.2 Å². The highest BCUT2D eigenvalue weighted by molar-refractivity contribution is 5.58. The molecule has 0 aromatic carbocycles. The molecule has 0 atom stereocenters. The lowest BCUT2D eigenvalue weighted by molar-refractivity contribution is -0.154. The largest absolute Gasteiger partial charge is 0.468 e. The summed E-state index contributed by atoms with van der Waals surface area (Å²) in [6.45, 7) is -1.40. The van der Waals surface area contributed by atoms with E-state index in [1.807, 2.05) is 0 Å². The number of hydrogen-bond donors (Lipinski definition) is 0. The Morgan fingerprint density at radius 3 is 2.48 bits per heavy atom. The topological polar surface area (TPSA) is 73.9 Å². The van der Waals surface area contributed by atoms with Gasteiger partial charge in [-0.3, -0.25) is 4.98 Å². The van der Waals surface area contributed by atoms with Crippen LogP contribution < -0.4 is 4.74 Å². The highest BCUT2D eigenvalue weighted by Gasteiger charge is 2.28. The second kappa shape index (κ2) is 6.03. The van der Waals surface area contributed by atoms with E-state index >= 15 is 0 Å². The third-order valence-corrected chi connectivity index (χ3v) is 2.73. The van der Waals surface area contributed by atoms with Crippen LogP contribution in [0.2, 0.25) is 0 Å². The Morgan fingerprint density at radius 2 is 1.83 bits per heavy atom. The molecule has 3 heterocycles. The predicted octanol–water partition coefficient (Wildman–Crippen LogP) is 3.13. The predicted molar refractivity (Wildman–Crippen MR) is 72.3 cm³/mol. The minimum atomic E-state index is -4.41. The monoisotopic (exact) mass is 322 g/mol. The number of halogens is 3. The molecule has 9 heteroatoms. The van der Waals surface area contributed by atoms with E-state index < -0.39 is 12.8 Å². The number of rotatable bonds is 4. The normalized spacial score (nSPS) is 11.4. The van der Waals surface area contributed by atoms with Crippen LogP contribution in [0.3, 0.4) is 0 Å². The lowest BCUT2D eigenvalue weighted by atomic mass is 10.2. The summed E-state index contributed by atoms with van der Waals surface area (Å²) in [5.41, 5.74) is 1.20. The van der Waals surface area contributed by atoms with Crippen LogP contribution in [0.5, 0.6) is 5.88 Å². The van der Waals surface area contributed by atoms with Crippen molar-refractivity contribution in [3.8, 4) is 28.7 Å². The highest BCUT2D eigenvalue weighted by atomic mass is 19.4. The van der Waals surface area contributed by atoms with Gasteiger partial charge in [0.1, 0.15) is 0 Å². The smallest absolute Gasteiger partial charge is 0.422 e. The molecule has 0 aliphatic rings. The molecule has 0 spiro atoms. The van der Waals surface area contributed by atoms with Crippen molar-refractivity contribution in [1.29, 1.82) is 0 Å². The number of pyridine rings is 2. The number of nitrogens with zero attached hydrogens (tertiary/aromatic N) is 4. The van der Waals surface area contributed by atoms with Gasteiger partial charge in [-0.15, -0.1) is 0 Å². The molecular formula is C14H9F3N4O2. The highest BCUT2D eigenvalue weighted by Crippen LogP contribution is 2.23. The zero-order valence-electron chi connectivity index (χ0n) is 11.5. The minimum Gasteiger partial charge on any atom is -0.468 e. The van der Waals surface area contributed by atoms with Crippen LogP contribution in [0.15, 0.2) is 47.4 Å². The molecule has 0 radical (unpaired) electrons. The van der Waals surface area contributed by atoms with Crippen molar-refractivity contribution >= 4 is 0 Å². The first kappa shape index (κ1) is 14.9. The van der Waals surface area contributed by atoms with Gasteiger partial charge in [-0.1, -0.05) is 5.16 Å². The number of hydrogen-bond acceptors (Lipinski definition) is 6. The first-order chi connectivity index (χ1) is 11.0. The molecular weight excluding hydrogens is 313 g/mol. The summed E-state index contributed by atoms with van der Waals surface area (Å²) in [6.07, 6.45) is 0.0848. The van der Waals surface area contributed by atoms with Crippen LogP contribution in [-0.4, -0.2) is 32.9 Å². The molecule has 0 saturated heterocycles. The number of ether oxygens (including phenoxy) is 1. The fourth-order valence-electron chi connectivity index (χ4n) is 1.71. The van der Waals surface area contributed by atoms with Crippen LogP contribution in [0, 0.1) is 0 Å². The van der Waals surface area contributed by atoms with Crippen molar-refractivity contribution in [3.05, 3.63) is 42.9 Å². The van der Waals surface area contributed by atoms with Crippen molar-refractivity contribution in [2.45, 2.75) is 6.18 Å². The van der Waals surface area contributed by atoms with Gasteiger partial charge in [0, 0.05) is 35.8 Å². The van der Waals surface area contributed by atoms with Gasteiger partial charge < -0.3 is 9.26 Å². The van der Waals surface area contributed by atoms with E-state index in [0.29, 0.717) is 17.0 Å². The van der Waals surface area contributed by atoms with Crippen LogP contribution in [-0.2, 0) is 0 Å². The quantitative estimate of drug-likeness (QED) is 0.734. The summed E-state index contributed by atoms with van der Waals surface area (Å²) < 4.78 is 45.8. The van der Waals surface area contributed by atoms with E-state index in [1.54, 1.807) is 24.5 Å². The molecule has 0 unspecified atom stereocenters. The Labute approximate surface area is 128 Å². The minimum absolute atomic E-state index is 0.135. The maximum Gasteiger partial charge on any atom is 0.422 e. The Kier molecular flexibility index (Phi) is 3.92. The van der Waals surface area contributed by atoms with Crippen molar-refractivity contribution in [1.82, 2.24) is 20.1 Å². The Morgan fingerprint density at radius 1 is 1.04 bits per heavy atom. The van der Waals surface area contributed by atoms with E-state index in [2.05, 4.69) is 24.8 Å². The van der Waals surface area contributed by atoms with Crippen molar-refractivity contribution in [2.24, 2.45) is 0 Å². The van der Waals surface area contributed by atoms with E-state index in [1.165, 1.54) is 18.3 Å². The first-order valence-corrected chi connectivity index (χ1v) is 6.41. The third kappa shape index (κ3) is 3.82. The Hall–Kier alpha value is -2.97. The van der Waals surface area contributed by atoms with Gasteiger partial charge in [0.25, 0.3) is 5.89 Å². The maximum atomic E-state index is 12.1. The molecule has 0 bridgehead atoms. The van der Waals surface area contributed by atoms with Crippen molar-refractivity contribution in [3.63, 3.8) is 0 Å². The molecule has 3 aromatic heterocycles. The standard InChI is InChI=1S/C14H9F3N4O2/c15-14(16,17)8-22-11-2-1-10(7-19-11)12-20-13(23-21-12)9-3-5-18-6-4-9/h1-7H,8H2. The summed E-state index contributed by atoms with van der Waals surface area (Å²) in [5.74, 6) is 0.440. The van der Waals surface area contributed by atoms with Gasteiger partial charge in [0.05, 0.1) is 0 Å². The molecule has 23 heavy (non-hydrogen) atoms. The van der Waals surface area contributed by atoms with Gasteiger partial charge in [-0.25, -0.2) is 4.98 Å². The number of aromatic nitrogens is 4. The molecule has 0 amide bonds. The summed E-state index contributed by atoms with van der Waals surface area (Å²) in [5, 5.41) is 3.81. The first-order valence-electron chi connectivity index (χ1n) is 6.41. The molecule has 0 aliphatic carbocycles. The fraction of sp³-hybridized carbons (Fsp3) is 0.143. The third-order valence-electron chi connectivity index (χ3n) is 2.73. The summed E-state index contributed by atoms with van der Waals surface area (Å²) >= 11 is 0. The van der Waals surface area contributed by atoms with Gasteiger partial charge in [0.15, 0.2) is 6.61 Å². The van der Waals surface area contributed by atoms with Gasteiger partial charge >= 0.3 is 6.18 Å². The van der Waals surface area contributed by atoms with Crippen molar-refractivity contribution < 1.29 is 22.4 Å². The van der Waals surface area contributed by atoms with Crippen LogP contribution in [0.25, 0.3) is 22.8 Å². The molecule has 0 aliphatic heterocycles. The second-order valence-electron chi connectivity index (χ2n) is 4.45. The van der Waals surface area contributed by atoms with Crippen LogP contribution >= 0.6 is 0 Å². The molecule has 118 valence electrons. The SMILES string of the molecule is FC(F)(F)COc1ccc(-c2noc(-c3ccncc3)n2)cn1. The van der Waals surface area contributed by atoms with Gasteiger partial charge in [0.2, 0.25) is 11.7 Å². The average molecular weight is 322 g/mol. The molecule has 0 saturated carbocycles. The molecule has 3 rings (SSSR count). The van der Waals surface area contributed by atoms with E-state index in [-0.39, 0.29) is 11.7 Å². The summed E-state index contributed by atoms with van der Waals surface area (Å²) in [4.78, 5) is 11.9. The Balaban J connectivity index is 1.74. The average Bonchev–Trinajstić information content (AvgIpc) is 3.04. The zero-order valence-corrected chi connectivity index (χ0v) is 11.5. The van der Waals surface area contributed by atoms with E-state index in [9.17, 15) is 13.2 Å². The lowest BCUT2D eigenvalue weighted by Crippen LogP contribution is -2.19. The molecule has 3 aromatic rings.